The van der Waals surface area contributed by atoms with Gasteiger partial charge in [-0.2, -0.15) is 26.3 Å². The number of ether oxygens (including phenoxy) is 3. The van der Waals surface area contributed by atoms with Crippen LogP contribution >= 0.6 is 0 Å². The van der Waals surface area contributed by atoms with E-state index in [2.05, 4.69) is 4.98 Å². The van der Waals surface area contributed by atoms with Crippen molar-refractivity contribution in [3.63, 3.8) is 0 Å². The molecule has 1 aliphatic rings. The summed E-state index contributed by atoms with van der Waals surface area (Å²) >= 11 is 0. The Kier molecular flexibility index (Phi) is 9.14. The van der Waals surface area contributed by atoms with Gasteiger partial charge in [-0.05, 0) is 55.5 Å². The Morgan fingerprint density at radius 3 is 2.30 bits per heavy atom. The van der Waals surface area contributed by atoms with Gasteiger partial charge in [0.15, 0.2) is 17.6 Å². The molecule has 1 unspecified atom stereocenters. The lowest BCUT2D eigenvalue weighted by molar-refractivity contribution is -0.265. The maximum Gasteiger partial charge on any atom is 0.424 e. The summed E-state index contributed by atoms with van der Waals surface area (Å²) in [4.78, 5) is 29.3. The first-order valence-electron chi connectivity index (χ1n) is 13.2. The van der Waals surface area contributed by atoms with Crippen LogP contribution in [0.5, 0.6) is 17.2 Å². The molecule has 46 heavy (non-hydrogen) atoms. The molecule has 0 bridgehead atoms. The molecular formula is C29H26F7N3O7. The Hall–Kier alpha value is -4.64. The molecular weight excluding hydrogens is 635 g/mol. The van der Waals surface area contributed by atoms with E-state index in [1.807, 2.05) is 5.32 Å². The molecule has 2 amide bonds. The van der Waals surface area contributed by atoms with E-state index in [1.54, 1.807) is 0 Å². The van der Waals surface area contributed by atoms with E-state index in [4.69, 9.17) is 25.1 Å². The minimum atomic E-state index is -5.47. The third kappa shape index (κ3) is 6.50. The quantitative estimate of drug-likeness (QED) is 0.241. The third-order valence-corrected chi connectivity index (χ3v) is 7.33. The molecule has 17 heteroatoms. The van der Waals surface area contributed by atoms with Gasteiger partial charge in [-0.25, -0.2) is 9.37 Å². The molecule has 0 aliphatic carbocycles. The number of hydrogen-bond acceptors (Lipinski definition) is 8. The molecule has 248 valence electrons. The van der Waals surface area contributed by atoms with Gasteiger partial charge in [0, 0.05) is 16.7 Å². The Morgan fingerprint density at radius 2 is 1.74 bits per heavy atom. The number of primary amides is 1. The normalized spacial score (nSPS) is 18.2. The van der Waals surface area contributed by atoms with Crippen molar-refractivity contribution in [1.82, 2.24) is 10.3 Å². The molecule has 0 saturated carbocycles. The number of fused-ring (bicyclic) bond motifs is 1. The number of benzene rings is 2. The zero-order chi connectivity index (χ0) is 34.2. The SMILES string of the molecule is COc1cc(C(=O)NCC(O)(c2cc3c(c(-c4ccc(F)cc4)n2)OC[C@]3(C)C(N)=O)C(F)(F)F)ccc1OC[C@@H](O)C(F)(F)F. The second kappa shape index (κ2) is 12.3. The predicted octanol–water partition coefficient (Wildman–Crippen LogP) is 3.51. The Balaban J connectivity index is 1.69. The molecule has 0 fully saturated rings. The van der Waals surface area contributed by atoms with Gasteiger partial charge in [0.2, 0.25) is 11.5 Å². The summed E-state index contributed by atoms with van der Waals surface area (Å²) in [5.74, 6) is -3.50. The van der Waals surface area contributed by atoms with Crippen LogP contribution in [0.1, 0.15) is 28.5 Å². The van der Waals surface area contributed by atoms with Crippen molar-refractivity contribution in [3.8, 4) is 28.5 Å². The monoisotopic (exact) mass is 661 g/mol. The van der Waals surface area contributed by atoms with Gasteiger partial charge in [0.1, 0.15) is 35.9 Å². The molecule has 0 radical (unpaired) electrons. The highest BCUT2D eigenvalue weighted by Crippen LogP contribution is 2.47. The molecule has 3 aromatic rings. The van der Waals surface area contributed by atoms with Crippen LogP contribution in [0.3, 0.4) is 0 Å². The number of nitrogens with zero attached hydrogens (tertiary/aromatic N) is 1. The van der Waals surface area contributed by atoms with E-state index in [-0.39, 0.29) is 46.2 Å². The van der Waals surface area contributed by atoms with Crippen LogP contribution in [0.4, 0.5) is 30.7 Å². The first kappa shape index (κ1) is 34.2. The molecule has 2 aromatic carbocycles. The maximum atomic E-state index is 14.6. The molecule has 4 rings (SSSR count). The lowest BCUT2D eigenvalue weighted by Crippen LogP contribution is -2.51. The van der Waals surface area contributed by atoms with E-state index < -0.39 is 65.9 Å². The number of carbonyl (C=O) groups excluding carboxylic acids is 2. The molecule has 3 atom stereocenters. The number of hydrogen-bond donors (Lipinski definition) is 4. The minimum Gasteiger partial charge on any atom is -0.493 e. The molecule has 1 aliphatic heterocycles. The summed E-state index contributed by atoms with van der Waals surface area (Å²) in [6, 6.07) is 8.16. The first-order valence-corrected chi connectivity index (χ1v) is 13.2. The van der Waals surface area contributed by atoms with Crippen LogP contribution in [0.15, 0.2) is 48.5 Å². The fourth-order valence-electron chi connectivity index (χ4n) is 4.44. The number of aliphatic hydroxyl groups is 2. The smallest absolute Gasteiger partial charge is 0.424 e. The predicted molar refractivity (Wildman–Crippen MR) is 145 cm³/mol. The molecule has 2 heterocycles. The van der Waals surface area contributed by atoms with Gasteiger partial charge < -0.3 is 35.5 Å². The minimum absolute atomic E-state index is 0.0823. The van der Waals surface area contributed by atoms with E-state index in [0.29, 0.717) is 0 Å². The van der Waals surface area contributed by atoms with Crippen LogP contribution in [-0.2, 0) is 15.8 Å². The van der Waals surface area contributed by atoms with Crippen molar-refractivity contribution >= 4 is 11.8 Å². The van der Waals surface area contributed by atoms with Crippen molar-refractivity contribution in [2.24, 2.45) is 5.73 Å². The lowest BCUT2D eigenvalue weighted by Gasteiger charge is -2.31. The van der Waals surface area contributed by atoms with E-state index in [1.165, 1.54) is 19.1 Å². The van der Waals surface area contributed by atoms with Crippen LogP contribution in [0.2, 0.25) is 0 Å². The van der Waals surface area contributed by atoms with Gasteiger partial charge in [-0.1, -0.05) is 0 Å². The standard InChI is InChI=1S/C29H26F7N3O7/c1-26(25(37)42)13-46-23-17(26)10-20(39-22(23)14-3-6-16(30)7-4-14)27(43,29(34,35)36)12-38-24(41)15-5-8-18(19(9-15)44-2)45-11-21(40)28(31,32)33/h3-10,21,40,43H,11-13H2,1-2H3,(H2,37,42)(H,38,41)/t21-,26+,27?/m1/s1. The van der Waals surface area contributed by atoms with Crippen LogP contribution in [-0.4, -0.2) is 72.3 Å². The first-order chi connectivity index (χ1) is 21.3. The second-order valence-corrected chi connectivity index (χ2v) is 10.5. The Morgan fingerprint density at radius 1 is 1.09 bits per heavy atom. The van der Waals surface area contributed by atoms with Gasteiger partial charge in [0.05, 0.1) is 19.3 Å². The topological polar surface area (TPSA) is 153 Å². The lowest BCUT2D eigenvalue weighted by atomic mass is 9.81. The average molecular weight is 662 g/mol. The number of methoxy groups -OCH3 is 1. The number of alkyl halides is 6. The zero-order valence-corrected chi connectivity index (χ0v) is 23.9. The van der Waals surface area contributed by atoms with Crippen LogP contribution in [0, 0.1) is 5.82 Å². The number of carbonyl (C=O) groups is 2. The highest BCUT2D eigenvalue weighted by molar-refractivity contribution is 5.95. The number of pyridine rings is 1. The van der Waals surface area contributed by atoms with Crippen molar-refractivity contribution in [1.29, 1.82) is 0 Å². The number of nitrogens with one attached hydrogen (secondary N) is 1. The highest BCUT2D eigenvalue weighted by Gasteiger charge is 2.57. The number of amides is 2. The second-order valence-electron chi connectivity index (χ2n) is 10.5. The fraction of sp³-hybridized carbons (Fsp3) is 0.345. The maximum absolute atomic E-state index is 14.6. The molecule has 10 nitrogen and oxygen atoms in total. The summed E-state index contributed by atoms with van der Waals surface area (Å²) in [6.07, 6.45) is -13.3. The number of aliphatic hydroxyl groups excluding tert-OH is 1. The van der Waals surface area contributed by atoms with Crippen molar-refractivity contribution < 1.29 is 64.7 Å². The van der Waals surface area contributed by atoms with Gasteiger partial charge in [-0.15, -0.1) is 0 Å². The molecule has 5 N–H and O–H groups in total. The van der Waals surface area contributed by atoms with E-state index >= 15 is 0 Å². The zero-order valence-electron chi connectivity index (χ0n) is 23.9. The van der Waals surface area contributed by atoms with Crippen LogP contribution < -0.4 is 25.3 Å². The summed E-state index contributed by atoms with van der Waals surface area (Å²) in [5, 5.41) is 22.2. The number of rotatable bonds is 10. The fourth-order valence-corrected chi connectivity index (χ4v) is 4.44. The van der Waals surface area contributed by atoms with Crippen molar-refractivity contribution in [3.05, 3.63) is 71.2 Å². The molecule has 1 aromatic heterocycles. The summed E-state index contributed by atoms with van der Waals surface area (Å²) < 4.78 is 111. The van der Waals surface area contributed by atoms with Gasteiger partial charge >= 0.3 is 12.4 Å². The highest BCUT2D eigenvalue weighted by atomic mass is 19.4. The average Bonchev–Trinajstić information content (AvgIpc) is 3.35. The summed E-state index contributed by atoms with van der Waals surface area (Å²) in [6.45, 7) is -1.76. The summed E-state index contributed by atoms with van der Waals surface area (Å²) in [7, 11) is 1.08. The molecule has 0 saturated heterocycles. The summed E-state index contributed by atoms with van der Waals surface area (Å²) in [5.41, 5.74) is -1.66. The number of aromatic nitrogens is 1. The Bertz CT molecular complexity index is 1630. The Labute approximate surface area is 255 Å². The van der Waals surface area contributed by atoms with Gasteiger partial charge in [-0.3, -0.25) is 9.59 Å². The van der Waals surface area contributed by atoms with E-state index in [0.717, 1.165) is 43.5 Å². The largest absolute Gasteiger partial charge is 0.493 e. The van der Waals surface area contributed by atoms with E-state index in [9.17, 15) is 45.4 Å². The van der Waals surface area contributed by atoms with Crippen molar-refractivity contribution in [2.75, 3.05) is 26.9 Å². The third-order valence-electron chi connectivity index (χ3n) is 7.33. The number of nitrogens with two attached hydrogens (primary N) is 1. The van der Waals surface area contributed by atoms with Gasteiger partial charge in [0.25, 0.3) is 5.91 Å². The molecule has 0 spiro atoms. The van der Waals surface area contributed by atoms with Crippen molar-refractivity contribution in [2.45, 2.75) is 36.4 Å². The number of halogens is 7. The van der Waals surface area contributed by atoms with Crippen LogP contribution in [0.25, 0.3) is 11.3 Å².